The van der Waals surface area contributed by atoms with Crippen LogP contribution in [0.15, 0.2) is 61.1 Å². The van der Waals surface area contributed by atoms with Crippen molar-refractivity contribution in [1.29, 1.82) is 0 Å². The smallest absolute Gasteiger partial charge is 0.405 e. The Labute approximate surface area is 265 Å². The van der Waals surface area contributed by atoms with E-state index in [9.17, 15) is 32.7 Å². The SMILES string of the molecule is CC(C)(C(=O)NC1CCC(CC(=O)Nc2cnc(-c3ccc(C4(NC(=O)O)CCC4)cc3)c(-c3cccnc3)c2)CC1)C(F)(F)F. The van der Waals surface area contributed by atoms with Crippen LogP contribution in [0.3, 0.4) is 0 Å². The van der Waals surface area contributed by atoms with E-state index in [1.807, 2.05) is 42.5 Å². The number of halogens is 3. The topological polar surface area (TPSA) is 133 Å². The van der Waals surface area contributed by atoms with E-state index in [1.165, 1.54) is 0 Å². The molecule has 2 aromatic heterocycles. The van der Waals surface area contributed by atoms with Crippen LogP contribution in [-0.2, 0) is 15.1 Å². The minimum atomic E-state index is -4.64. The standard InChI is InChI=1S/C34H38F3N5O4/c1-32(2,34(35,36)37)30(44)41-25-12-6-21(7-13-25)17-28(43)40-26-18-27(23-5-3-16-38-19-23)29(39-20-26)22-8-10-24(11-9-22)33(14-4-15-33)42-31(45)46/h3,5,8-11,16,18-21,25,42H,4,6-7,12-15,17H2,1-2H3,(H,40,43)(H,41,44)(H,45,46). The fourth-order valence-electron chi connectivity index (χ4n) is 6.15. The number of carboxylic acid groups (broad SMARTS) is 1. The molecule has 5 rings (SSSR count). The zero-order valence-electron chi connectivity index (χ0n) is 25.8. The lowest BCUT2D eigenvalue weighted by Crippen LogP contribution is -2.50. The molecular formula is C34H38F3N5O4. The Morgan fingerprint density at radius 2 is 1.67 bits per heavy atom. The van der Waals surface area contributed by atoms with E-state index in [4.69, 9.17) is 4.98 Å². The van der Waals surface area contributed by atoms with Crippen molar-refractivity contribution in [2.75, 3.05) is 5.32 Å². The summed E-state index contributed by atoms with van der Waals surface area (Å²) in [6.45, 7) is 1.75. The molecule has 2 aliphatic carbocycles. The third-order valence-corrected chi connectivity index (χ3v) is 9.34. The summed E-state index contributed by atoms with van der Waals surface area (Å²) in [4.78, 5) is 45.6. The Kier molecular flexibility index (Phi) is 9.37. The molecule has 0 spiro atoms. The van der Waals surface area contributed by atoms with Gasteiger partial charge >= 0.3 is 12.3 Å². The quantitative estimate of drug-likeness (QED) is 0.199. The van der Waals surface area contributed by atoms with E-state index in [-0.39, 0.29) is 24.3 Å². The Balaban J connectivity index is 1.24. The third kappa shape index (κ3) is 7.16. The van der Waals surface area contributed by atoms with Gasteiger partial charge in [-0.15, -0.1) is 0 Å². The van der Waals surface area contributed by atoms with Crippen LogP contribution < -0.4 is 16.0 Å². The Morgan fingerprint density at radius 3 is 2.24 bits per heavy atom. The highest BCUT2D eigenvalue weighted by Crippen LogP contribution is 2.42. The number of alkyl halides is 3. The number of anilines is 1. The first-order chi connectivity index (χ1) is 21.8. The first-order valence-corrected chi connectivity index (χ1v) is 15.5. The van der Waals surface area contributed by atoms with Gasteiger partial charge in [0.25, 0.3) is 0 Å². The number of aromatic nitrogens is 2. The van der Waals surface area contributed by atoms with Crippen LogP contribution in [0.4, 0.5) is 23.7 Å². The first kappa shape index (κ1) is 32.9. The van der Waals surface area contributed by atoms with Crippen molar-refractivity contribution < 1.29 is 32.7 Å². The summed E-state index contributed by atoms with van der Waals surface area (Å²) in [5, 5.41) is 17.5. The van der Waals surface area contributed by atoms with Crippen LogP contribution in [0.5, 0.6) is 0 Å². The monoisotopic (exact) mass is 637 g/mol. The van der Waals surface area contributed by atoms with Gasteiger partial charge in [0.1, 0.15) is 5.41 Å². The van der Waals surface area contributed by atoms with Gasteiger partial charge in [0.2, 0.25) is 11.8 Å². The van der Waals surface area contributed by atoms with Crippen molar-refractivity contribution in [3.63, 3.8) is 0 Å². The minimum absolute atomic E-state index is 0.0434. The zero-order valence-corrected chi connectivity index (χ0v) is 25.8. The van der Waals surface area contributed by atoms with Crippen LogP contribution in [-0.4, -0.2) is 45.2 Å². The number of nitrogens with zero attached hydrogens (tertiary/aromatic N) is 2. The zero-order chi connectivity index (χ0) is 33.1. The van der Waals surface area contributed by atoms with Crippen LogP contribution in [0.1, 0.15) is 70.8 Å². The third-order valence-electron chi connectivity index (χ3n) is 9.34. The lowest BCUT2D eigenvalue weighted by atomic mass is 9.71. The molecule has 3 aromatic rings. The summed E-state index contributed by atoms with van der Waals surface area (Å²) in [7, 11) is 0. The highest BCUT2D eigenvalue weighted by molar-refractivity contribution is 5.93. The predicted molar refractivity (Wildman–Crippen MR) is 167 cm³/mol. The summed E-state index contributed by atoms with van der Waals surface area (Å²) in [6, 6.07) is 12.9. The van der Waals surface area contributed by atoms with E-state index in [2.05, 4.69) is 20.9 Å². The molecule has 3 amide bonds. The van der Waals surface area contributed by atoms with Crippen molar-refractivity contribution in [1.82, 2.24) is 20.6 Å². The second kappa shape index (κ2) is 13.1. The number of hydrogen-bond acceptors (Lipinski definition) is 5. The number of amides is 3. The number of benzene rings is 1. The van der Waals surface area contributed by atoms with E-state index in [1.54, 1.807) is 18.6 Å². The highest BCUT2D eigenvalue weighted by atomic mass is 19.4. The molecule has 12 heteroatoms. The molecule has 0 atom stereocenters. The van der Waals surface area contributed by atoms with Crippen molar-refractivity contribution in [2.45, 2.75) is 83.0 Å². The molecule has 1 aromatic carbocycles. The van der Waals surface area contributed by atoms with Crippen LogP contribution in [0.2, 0.25) is 0 Å². The summed E-state index contributed by atoms with van der Waals surface area (Å²) in [5.41, 5.74) is 1.45. The molecule has 0 aliphatic heterocycles. The van der Waals surface area contributed by atoms with Gasteiger partial charge in [-0.1, -0.05) is 30.3 Å². The van der Waals surface area contributed by atoms with Gasteiger partial charge in [0.15, 0.2) is 0 Å². The lowest BCUT2D eigenvalue weighted by molar-refractivity contribution is -0.211. The molecular weight excluding hydrogens is 599 g/mol. The normalized spacial score (nSPS) is 19.4. The van der Waals surface area contributed by atoms with Crippen LogP contribution >= 0.6 is 0 Å². The number of hydrogen-bond donors (Lipinski definition) is 4. The van der Waals surface area contributed by atoms with Gasteiger partial charge in [0, 0.05) is 41.5 Å². The number of pyridine rings is 2. The van der Waals surface area contributed by atoms with Gasteiger partial charge in [-0.2, -0.15) is 13.2 Å². The molecule has 2 aliphatic rings. The van der Waals surface area contributed by atoms with Gasteiger partial charge in [0.05, 0.1) is 23.1 Å². The number of carbonyl (C=O) groups excluding carboxylic acids is 2. The number of carbonyl (C=O) groups is 3. The van der Waals surface area contributed by atoms with E-state index < -0.39 is 29.1 Å². The van der Waals surface area contributed by atoms with Gasteiger partial charge in [-0.25, -0.2) is 4.79 Å². The lowest BCUT2D eigenvalue weighted by Gasteiger charge is -2.42. The van der Waals surface area contributed by atoms with Gasteiger partial charge in [-0.3, -0.25) is 19.6 Å². The highest BCUT2D eigenvalue weighted by Gasteiger charge is 2.53. The van der Waals surface area contributed by atoms with Crippen LogP contribution in [0, 0.1) is 11.3 Å². The average Bonchev–Trinajstić information content (AvgIpc) is 3.00. The van der Waals surface area contributed by atoms with Gasteiger partial charge < -0.3 is 21.1 Å². The first-order valence-electron chi connectivity index (χ1n) is 15.5. The molecule has 4 N–H and O–H groups in total. The van der Waals surface area contributed by atoms with E-state index >= 15 is 0 Å². The van der Waals surface area contributed by atoms with Crippen molar-refractivity contribution >= 4 is 23.6 Å². The van der Waals surface area contributed by atoms with Crippen molar-refractivity contribution in [3.8, 4) is 22.4 Å². The molecule has 0 unspecified atom stereocenters. The number of rotatable bonds is 9. The van der Waals surface area contributed by atoms with Crippen LogP contribution in [0.25, 0.3) is 22.4 Å². The molecule has 0 saturated heterocycles. The molecule has 2 fully saturated rings. The van der Waals surface area contributed by atoms with Crippen molar-refractivity contribution in [3.05, 3.63) is 66.6 Å². The van der Waals surface area contributed by atoms with E-state index in [0.29, 0.717) is 37.1 Å². The maximum atomic E-state index is 13.2. The molecule has 46 heavy (non-hydrogen) atoms. The summed E-state index contributed by atoms with van der Waals surface area (Å²) in [5.74, 6) is -1.18. The average molecular weight is 638 g/mol. The summed E-state index contributed by atoms with van der Waals surface area (Å²) in [6.07, 6.45) is 4.20. The van der Waals surface area contributed by atoms with Crippen molar-refractivity contribution in [2.24, 2.45) is 11.3 Å². The second-order valence-electron chi connectivity index (χ2n) is 12.9. The molecule has 2 heterocycles. The van der Waals surface area contributed by atoms with E-state index in [0.717, 1.165) is 55.4 Å². The fourth-order valence-corrected chi connectivity index (χ4v) is 6.15. The maximum absolute atomic E-state index is 13.2. The van der Waals surface area contributed by atoms with Gasteiger partial charge in [-0.05, 0) is 82.4 Å². The number of nitrogens with one attached hydrogen (secondary N) is 3. The molecule has 0 bridgehead atoms. The maximum Gasteiger partial charge on any atom is 0.405 e. The predicted octanol–water partition coefficient (Wildman–Crippen LogP) is 7.05. The minimum Gasteiger partial charge on any atom is -0.465 e. The largest absolute Gasteiger partial charge is 0.465 e. The molecule has 244 valence electrons. The molecule has 9 nitrogen and oxygen atoms in total. The fraction of sp³-hybridized carbons (Fsp3) is 0.441. The molecule has 2 saturated carbocycles. The molecule has 0 radical (unpaired) electrons. The Hall–Kier alpha value is -4.48. The Bertz CT molecular complexity index is 1570. The summed E-state index contributed by atoms with van der Waals surface area (Å²) >= 11 is 0. The second-order valence-corrected chi connectivity index (χ2v) is 12.9. The Morgan fingerprint density at radius 1 is 0.978 bits per heavy atom. The summed E-state index contributed by atoms with van der Waals surface area (Å²) < 4.78 is 39.7.